The molecule has 2 aromatic rings. The third-order valence-corrected chi connectivity index (χ3v) is 3.56. The molecule has 0 spiro atoms. The molecule has 6 nitrogen and oxygen atoms in total. The van der Waals surface area contributed by atoms with Crippen molar-refractivity contribution in [2.45, 2.75) is 5.92 Å². The molecule has 2 N–H and O–H groups in total. The number of hydrogen-bond acceptors (Lipinski definition) is 4. The highest BCUT2D eigenvalue weighted by Crippen LogP contribution is 2.43. The maximum atomic E-state index is 12.1. The Hall–Kier alpha value is -2.76. The van der Waals surface area contributed by atoms with Crippen molar-refractivity contribution < 1.29 is 9.47 Å². The molecule has 100 valence electrons. The van der Waals surface area contributed by atoms with E-state index in [9.17, 15) is 9.59 Å². The van der Waals surface area contributed by atoms with Gasteiger partial charge in [0, 0.05) is 11.1 Å². The van der Waals surface area contributed by atoms with E-state index in [4.69, 9.17) is 9.47 Å². The van der Waals surface area contributed by atoms with Gasteiger partial charge in [-0.1, -0.05) is 18.2 Å². The molecular weight excluding hydrogens is 260 g/mol. The molecule has 0 saturated heterocycles. The van der Waals surface area contributed by atoms with Gasteiger partial charge in [0.25, 0.3) is 5.56 Å². The molecule has 20 heavy (non-hydrogen) atoms. The minimum Gasteiger partial charge on any atom is -0.489 e. The highest BCUT2D eigenvalue weighted by Gasteiger charge is 2.35. The van der Waals surface area contributed by atoms with Crippen molar-refractivity contribution in [1.82, 2.24) is 9.97 Å². The fraction of sp³-hybridized carbons (Fsp3) is 0.143. The van der Waals surface area contributed by atoms with Gasteiger partial charge in [0.1, 0.15) is 12.4 Å². The quantitative estimate of drug-likeness (QED) is 0.743. The fourth-order valence-electron chi connectivity index (χ4n) is 2.70. The topological polar surface area (TPSA) is 84.2 Å². The van der Waals surface area contributed by atoms with E-state index < -0.39 is 11.2 Å². The Kier molecular flexibility index (Phi) is 2.14. The van der Waals surface area contributed by atoms with E-state index in [1.807, 2.05) is 24.3 Å². The van der Waals surface area contributed by atoms with Crippen LogP contribution in [0.5, 0.6) is 11.6 Å². The maximum absolute atomic E-state index is 12.1. The van der Waals surface area contributed by atoms with E-state index in [0.717, 1.165) is 16.9 Å². The number of fused-ring (bicyclic) bond motifs is 5. The first-order chi connectivity index (χ1) is 9.74. The monoisotopic (exact) mass is 270 g/mol. The number of rotatable bonds is 0. The van der Waals surface area contributed by atoms with Gasteiger partial charge >= 0.3 is 5.69 Å². The summed E-state index contributed by atoms with van der Waals surface area (Å²) in [7, 11) is 0. The zero-order valence-electron chi connectivity index (χ0n) is 10.3. The smallest absolute Gasteiger partial charge is 0.328 e. The van der Waals surface area contributed by atoms with Crippen LogP contribution in [0, 0.1) is 0 Å². The van der Waals surface area contributed by atoms with Crippen LogP contribution in [0.15, 0.2) is 45.7 Å². The van der Waals surface area contributed by atoms with Crippen molar-refractivity contribution >= 4 is 0 Å². The number of aromatic nitrogens is 2. The molecular formula is C14H10N2O4. The molecule has 0 radical (unpaired) electrons. The lowest BCUT2D eigenvalue weighted by Gasteiger charge is -2.31. The van der Waals surface area contributed by atoms with Crippen molar-refractivity contribution in [3.63, 3.8) is 0 Å². The van der Waals surface area contributed by atoms with Gasteiger partial charge in [0.2, 0.25) is 5.88 Å². The lowest BCUT2D eigenvalue weighted by molar-refractivity contribution is 0.305. The molecule has 0 bridgehead atoms. The van der Waals surface area contributed by atoms with Crippen LogP contribution in [0.2, 0.25) is 0 Å². The van der Waals surface area contributed by atoms with Crippen LogP contribution in [0.4, 0.5) is 0 Å². The SMILES string of the molecule is O=c1[nH]c2c(c(=O)[nH]1)C1C(=CO2)COc2ccccc21. The summed E-state index contributed by atoms with van der Waals surface area (Å²) in [6, 6.07) is 7.54. The van der Waals surface area contributed by atoms with Crippen molar-refractivity contribution in [3.8, 4) is 11.6 Å². The van der Waals surface area contributed by atoms with Gasteiger partial charge in [-0.3, -0.25) is 14.8 Å². The summed E-state index contributed by atoms with van der Waals surface area (Å²) >= 11 is 0. The van der Waals surface area contributed by atoms with Crippen LogP contribution in [0.1, 0.15) is 17.0 Å². The molecule has 0 aliphatic carbocycles. The molecule has 1 unspecified atom stereocenters. The van der Waals surface area contributed by atoms with Crippen LogP contribution in [-0.4, -0.2) is 16.6 Å². The Morgan fingerprint density at radius 2 is 2.00 bits per heavy atom. The molecule has 0 amide bonds. The third kappa shape index (κ3) is 1.45. The molecule has 2 aliphatic heterocycles. The summed E-state index contributed by atoms with van der Waals surface area (Å²) in [5.74, 6) is 0.696. The standard InChI is InChI=1S/C14H10N2O4/c17-12-11-10-7(6-20-13(11)16-14(18)15-12)5-19-9-4-2-1-3-8(9)10/h1-4,6,10H,5H2,(H2,15,16,17,18). The normalized spacial score (nSPS) is 18.8. The first-order valence-electron chi connectivity index (χ1n) is 6.18. The largest absolute Gasteiger partial charge is 0.489 e. The highest BCUT2D eigenvalue weighted by molar-refractivity contribution is 5.53. The predicted octanol–water partition coefficient (Wildman–Crippen LogP) is 0.864. The Balaban J connectivity index is 2.03. The summed E-state index contributed by atoms with van der Waals surface area (Å²) < 4.78 is 11.0. The zero-order valence-corrected chi connectivity index (χ0v) is 10.3. The highest BCUT2D eigenvalue weighted by atomic mass is 16.5. The summed E-state index contributed by atoms with van der Waals surface area (Å²) in [4.78, 5) is 28.2. The summed E-state index contributed by atoms with van der Waals surface area (Å²) in [5.41, 5.74) is 1.15. The number of benzene rings is 1. The molecule has 2 aliphatic rings. The van der Waals surface area contributed by atoms with Crippen molar-refractivity contribution in [1.29, 1.82) is 0 Å². The number of H-pyrrole nitrogens is 2. The van der Waals surface area contributed by atoms with Crippen LogP contribution in [-0.2, 0) is 0 Å². The Morgan fingerprint density at radius 1 is 1.15 bits per heavy atom. The minimum atomic E-state index is -0.578. The Morgan fingerprint density at radius 3 is 2.90 bits per heavy atom. The molecule has 1 aromatic heterocycles. The average molecular weight is 270 g/mol. The van der Waals surface area contributed by atoms with E-state index in [1.165, 1.54) is 6.26 Å². The van der Waals surface area contributed by atoms with Gasteiger partial charge in [-0.05, 0) is 6.07 Å². The van der Waals surface area contributed by atoms with Crippen LogP contribution >= 0.6 is 0 Å². The van der Waals surface area contributed by atoms with Crippen LogP contribution in [0.3, 0.4) is 0 Å². The third-order valence-electron chi connectivity index (χ3n) is 3.56. The van der Waals surface area contributed by atoms with E-state index in [1.54, 1.807) is 0 Å². The molecule has 1 aromatic carbocycles. The lowest BCUT2D eigenvalue weighted by Crippen LogP contribution is -2.33. The molecule has 4 rings (SSSR count). The summed E-state index contributed by atoms with van der Waals surface area (Å²) in [5, 5.41) is 0. The molecule has 1 atom stereocenters. The van der Waals surface area contributed by atoms with Crippen LogP contribution < -0.4 is 20.7 Å². The van der Waals surface area contributed by atoms with Gasteiger partial charge in [0.15, 0.2) is 0 Å². The second-order valence-electron chi connectivity index (χ2n) is 4.72. The van der Waals surface area contributed by atoms with Crippen molar-refractivity contribution in [3.05, 3.63) is 68.1 Å². The van der Waals surface area contributed by atoms with Gasteiger partial charge in [-0.2, -0.15) is 0 Å². The second kappa shape index (κ2) is 3.86. The average Bonchev–Trinajstić information content (AvgIpc) is 2.46. The molecule has 0 saturated carbocycles. The maximum Gasteiger partial charge on any atom is 0.328 e. The zero-order chi connectivity index (χ0) is 13.7. The lowest BCUT2D eigenvalue weighted by atomic mass is 9.83. The second-order valence-corrected chi connectivity index (χ2v) is 4.72. The van der Waals surface area contributed by atoms with Gasteiger partial charge in [0.05, 0.1) is 17.7 Å². The Bertz CT molecular complexity index is 847. The van der Waals surface area contributed by atoms with E-state index >= 15 is 0 Å². The van der Waals surface area contributed by atoms with Crippen LogP contribution in [0.25, 0.3) is 0 Å². The first-order valence-corrected chi connectivity index (χ1v) is 6.18. The first kappa shape index (κ1) is 11.1. The predicted molar refractivity (Wildman–Crippen MR) is 70.2 cm³/mol. The molecule has 6 heteroatoms. The number of para-hydroxylation sites is 1. The molecule has 3 heterocycles. The van der Waals surface area contributed by atoms with E-state index in [2.05, 4.69) is 9.97 Å². The van der Waals surface area contributed by atoms with Crippen molar-refractivity contribution in [2.24, 2.45) is 0 Å². The number of aromatic amines is 2. The minimum absolute atomic E-state index is 0.198. The van der Waals surface area contributed by atoms with Gasteiger partial charge < -0.3 is 9.47 Å². The molecule has 0 fully saturated rings. The van der Waals surface area contributed by atoms with Crippen molar-refractivity contribution in [2.75, 3.05) is 6.61 Å². The Labute approximate surface area is 112 Å². The fourth-order valence-corrected chi connectivity index (χ4v) is 2.70. The van der Waals surface area contributed by atoms with E-state index in [0.29, 0.717) is 12.2 Å². The summed E-state index contributed by atoms with van der Waals surface area (Å²) in [6.45, 7) is 0.361. The summed E-state index contributed by atoms with van der Waals surface area (Å²) in [6.07, 6.45) is 1.54. The van der Waals surface area contributed by atoms with E-state index in [-0.39, 0.29) is 11.8 Å². The van der Waals surface area contributed by atoms with Gasteiger partial charge in [-0.25, -0.2) is 4.79 Å². The number of ether oxygens (including phenoxy) is 2. The number of hydrogen-bond donors (Lipinski definition) is 2. The van der Waals surface area contributed by atoms with Gasteiger partial charge in [-0.15, -0.1) is 0 Å². The number of nitrogens with one attached hydrogen (secondary N) is 2.